The van der Waals surface area contributed by atoms with Gasteiger partial charge in [-0.1, -0.05) is 42.1 Å². The van der Waals surface area contributed by atoms with Gasteiger partial charge in [-0.3, -0.25) is 0 Å². The van der Waals surface area contributed by atoms with Gasteiger partial charge in [0, 0.05) is 25.9 Å². The molecular formula is C17H22N8S. The van der Waals surface area contributed by atoms with Gasteiger partial charge < -0.3 is 10.2 Å². The van der Waals surface area contributed by atoms with Crippen LogP contribution in [0.1, 0.15) is 19.4 Å². The van der Waals surface area contributed by atoms with Crippen LogP contribution in [0.2, 0.25) is 0 Å². The molecule has 136 valence electrons. The van der Waals surface area contributed by atoms with E-state index in [4.69, 9.17) is 0 Å². The lowest BCUT2D eigenvalue weighted by molar-refractivity contribution is 0.758. The van der Waals surface area contributed by atoms with E-state index < -0.39 is 0 Å². The number of benzene rings is 1. The number of aromatic nitrogens is 6. The molecule has 2 heterocycles. The Bertz CT molecular complexity index is 847. The minimum atomic E-state index is 0.216. The van der Waals surface area contributed by atoms with E-state index in [0.717, 1.165) is 5.75 Å². The molecular weight excluding hydrogens is 348 g/mol. The van der Waals surface area contributed by atoms with Gasteiger partial charge in [0.25, 0.3) is 5.95 Å². The molecule has 0 aliphatic carbocycles. The number of nitrogens with zero attached hydrogens (tertiary/aromatic N) is 7. The predicted octanol–water partition coefficient (Wildman–Crippen LogP) is 2.63. The molecule has 1 N–H and O–H groups in total. The molecule has 0 aliphatic heterocycles. The molecule has 0 saturated heterocycles. The van der Waals surface area contributed by atoms with Crippen molar-refractivity contribution in [2.45, 2.75) is 30.8 Å². The van der Waals surface area contributed by atoms with Gasteiger partial charge in [0.2, 0.25) is 17.1 Å². The summed E-state index contributed by atoms with van der Waals surface area (Å²) in [5, 5.41) is 8.37. The maximum atomic E-state index is 4.49. The Balaban J connectivity index is 1.80. The van der Waals surface area contributed by atoms with E-state index in [1.807, 2.05) is 51.0 Å². The van der Waals surface area contributed by atoms with Crippen molar-refractivity contribution < 1.29 is 0 Å². The molecule has 3 aromatic rings. The van der Waals surface area contributed by atoms with Crippen LogP contribution in [0.3, 0.4) is 0 Å². The van der Waals surface area contributed by atoms with Gasteiger partial charge in [-0.25, -0.2) is 4.98 Å². The lowest BCUT2D eigenvalue weighted by Crippen LogP contribution is -2.19. The van der Waals surface area contributed by atoms with E-state index in [2.05, 4.69) is 42.5 Å². The van der Waals surface area contributed by atoms with Gasteiger partial charge in [-0.15, -0.1) is 5.10 Å². The Morgan fingerprint density at radius 2 is 1.88 bits per heavy atom. The van der Waals surface area contributed by atoms with Crippen LogP contribution in [0.25, 0.3) is 5.95 Å². The Kier molecular flexibility index (Phi) is 5.67. The van der Waals surface area contributed by atoms with Crippen LogP contribution in [0.4, 0.5) is 11.9 Å². The fraction of sp³-hybridized carbons (Fsp3) is 0.353. The standard InChI is InChI=1S/C17H22N8S/c1-12(2)19-14-20-15(24(3)4)22-16(21-14)25-11-18-17(23-25)26-10-13-8-6-5-7-9-13/h5-9,11-12H,10H2,1-4H3,(H,19,20,21,22). The second-order valence-electron chi connectivity index (χ2n) is 6.20. The van der Waals surface area contributed by atoms with Crippen LogP contribution in [0, 0.1) is 0 Å². The summed E-state index contributed by atoms with van der Waals surface area (Å²) in [7, 11) is 3.78. The zero-order valence-corrected chi connectivity index (χ0v) is 16.1. The van der Waals surface area contributed by atoms with Gasteiger partial charge in [0.15, 0.2) is 0 Å². The molecule has 0 saturated carbocycles. The summed E-state index contributed by atoms with van der Waals surface area (Å²) in [6.07, 6.45) is 1.63. The fourth-order valence-electron chi connectivity index (χ4n) is 2.11. The van der Waals surface area contributed by atoms with E-state index >= 15 is 0 Å². The average molecular weight is 370 g/mol. The summed E-state index contributed by atoms with van der Waals surface area (Å²) in [5.74, 6) is 2.33. The van der Waals surface area contributed by atoms with Crippen molar-refractivity contribution >= 4 is 23.7 Å². The van der Waals surface area contributed by atoms with Crippen LogP contribution in [-0.2, 0) is 5.75 Å². The molecule has 3 rings (SSSR count). The zero-order valence-electron chi connectivity index (χ0n) is 15.3. The summed E-state index contributed by atoms with van der Waals surface area (Å²) >= 11 is 1.57. The Labute approximate surface area is 157 Å². The van der Waals surface area contributed by atoms with Gasteiger partial charge >= 0.3 is 0 Å². The highest BCUT2D eigenvalue weighted by Gasteiger charge is 2.12. The number of thioether (sulfide) groups is 1. The lowest BCUT2D eigenvalue weighted by atomic mass is 10.2. The molecule has 9 heteroatoms. The smallest absolute Gasteiger partial charge is 0.258 e. The van der Waals surface area contributed by atoms with Crippen LogP contribution < -0.4 is 10.2 Å². The third-order valence-electron chi connectivity index (χ3n) is 3.32. The van der Waals surface area contributed by atoms with E-state index in [-0.39, 0.29) is 6.04 Å². The number of hydrogen-bond acceptors (Lipinski definition) is 8. The Hall–Kier alpha value is -2.68. The number of rotatable bonds is 7. The van der Waals surface area contributed by atoms with E-state index in [0.29, 0.717) is 23.0 Å². The molecule has 26 heavy (non-hydrogen) atoms. The third kappa shape index (κ3) is 4.69. The highest BCUT2D eigenvalue weighted by Crippen LogP contribution is 2.19. The quantitative estimate of drug-likeness (QED) is 0.635. The van der Waals surface area contributed by atoms with Crippen molar-refractivity contribution in [3.63, 3.8) is 0 Å². The monoisotopic (exact) mass is 370 g/mol. The number of hydrogen-bond donors (Lipinski definition) is 1. The lowest BCUT2D eigenvalue weighted by Gasteiger charge is -2.14. The highest BCUT2D eigenvalue weighted by atomic mass is 32.2. The molecule has 0 amide bonds. The number of nitrogens with one attached hydrogen (secondary N) is 1. The second kappa shape index (κ2) is 8.13. The topological polar surface area (TPSA) is 84.7 Å². The fourth-order valence-corrected chi connectivity index (χ4v) is 2.87. The van der Waals surface area contributed by atoms with Crippen LogP contribution in [0.15, 0.2) is 41.8 Å². The molecule has 0 radical (unpaired) electrons. The maximum Gasteiger partial charge on any atom is 0.258 e. The Morgan fingerprint density at radius 3 is 2.58 bits per heavy atom. The molecule has 1 aromatic carbocycles. The van der Waals surface area contributed by atoms with Gasteiger partial charge in [0.05, 0.1) is 0 Å². The minimum Gasteiger partial charge on any atom is -0.352 e. The van der Waals surface area contributed by atoms with E-state index in [1.54, 1.807) is 22.8 Å². The third-order valence-corrected chi connectivity index (χ3v) is 4.24. The van der Waals surface area contributed by atoms with Gasteiger partial charge in [0.1, 0.15) is 6.33 Å². The molecule has 0 aliphatic rings. The molecule has 0 bridgehead atoms. The SMILES string of the molecule is CC(C)Nc1nc(N(C)C)nc(-n2cnc(SCc3ccccc3)n2)n1. The number of anilines is 2. The largest absolute Gasteiger partial charge is 0.352 e. The molecule has 0 spiro atoms. The first-order chi connectivity index (χ1) is 12.5. The second-order valence-corrected chi connectivity index (χ2v) is 7.14. The van der Waals surface area contributed by atoms with Crippen molar-refractivity contribution in [3.8, 4) is 5.95 Å². The molecule has 2 aromatic heterocycles. The van der Waals surface area contributed by atoms with Crippen molar-refractivity contribution in [1.29, 1.82) is 0 Å². The molecule has 8 nitrogen and oxygen atoms in total. The summed E-state index contributed by atoms with van der Waals surface area (Å²) in [6.45, 7) is 4.07. The van der Waals surface area contributed by atoms with Crippen molar-refractivity contribution in [2.24, 2.45) is 0 Å². The van der Waals surface area contributed by atoms with Crippen molar-refractivity contribution in [3.05, 3.63) is 42.2 Å². The van der Waals surface area contributed by atoms with Crippen LogP contribution in [-0.4, -0.2) is 49.9 Å². The first kappa shape index (κ1) is 18.1. The molecule has 0 atom stereocenters. The summed E-state index contributed by atoms with van der Waals surface area (Å²) in [4.78, 5) is 19.5. The summed E-state index contributed by atoms with van der Waals surface area (Å²) in [5.41, 5.74) is 1.23. The Morgan fingerprint density at radius 1 is 1.12 bits per heavy atom. The van der Waals surface area contributed by atoms with Crippen molar-refractivity contribution in [2.75, 3.05) is 24.3 Å². The van der Waals surface area contributed by atoms with E-state index in [9.17, 15) is 0 Å². The van der Waals surface area contributed by atoms with Gasteiger partial charge in [-0.2, -0.15) is 19.6 Å². The predicted molar refractivity (Wildman–Crippen MR) is 104 cm³/mol. The minimum absolute atomic E-state index is 0.216. The first-order valence-electron chi connectivity index (χ1n) is 8.30. The summed E-state index contributed by atoms with van der Waals surface area (Å²) < 4.78 is 1.58. The van der Waals surface area contributed by atoms with Crippen LogP contribution in [0.5, 0.6) is 0 Å². The van der Waals surface area contributed by atoms with Crippen LogP contribution >= 0.6 is 11.8 Å². The normalized spacial score (nSPS) is 11.0. The molecule has 0 fully saturated rings. The van der Waals surface area contributed by atoms with E-state index in [1.165, 1.54) is 5.56 Å². The molecule has 0 unspecified atom stereocenters. The van der Waals surface area contributed by atoms with Gasteiger partial charge in [-0.05, 0) is 19.4 Å². The summed E-state index contributed by atoms with van der Waals surface area (Å²) in [6, 6.07) is 10.4. The zero-order chi connectivity index (χ0) is 18.5. The first-order valence-corrected chi connectivity index (χ1v) is 9.28. The van der Waals surface area contributed by atoms with Crippen molar-refractivity contribution in [1.82, 2.24) is 29.7 Å². The average Bonchev–Trinajstić information content (AvgIpc) is 3.09. The highest BCUT2D eigenvalue weighted by molar-refractivity contribution is 7.98. The maximum absolute atomic E-state index is 4.49.